The van der Waals surface area contributed by atoms with Gasteiger partial charge >= 0.3 is 0 Å². The molecular weight excluding hydrogens is 409 g/mol. The predicted octanol–water partition coefficient (Wildman–Crippen LogP) is 3.16. The lowest BCUT2D eigenvalue weighted by Gasteiger charge is -2.32. The Morgan fingerprint density at radius 1 is 1.09 bits per heavy atom. The van der Waals surface area contributed by atoms with E-state index >= 15 is 0 Å². The summed E-state index contributed by atoms with van der Waals surface area (Å²) in [5.41, 5.74) is 2.08. The minimum Gasteiger partial charge on any atom is -0.361 e. The van der Waals surface area contributed by atoms with E-state index in [2.05, 4.69) is 15.2 Å². The van der Waals surface area contributed by atoms with Gasteiger partial charge in [-0.05, 0) is 55.6 Å². The molecule has 0 spiro atoms. The molecule has 32 heavy (non-hydrogen) atoms. The number of allylic oxidation sites excluding steroid dienone is 1. The molecule has 1 saturated heterocycles. The molecule has 4 rings (SSSR count). The van der Waals surface area contributed by atoms with Gasteiger partial charge in [-0.25, -0.2) is 4.39 Å². The Labute approximate surface area is 184 Å². The SMILES string of the molecule is CN1CCN(C(=O)c2ccc(N/C=C(\C=N)c3cc4cc(F)ccc4[nH]c3=O)cc2)CC1. The number of carbonyl (C=O) groups excluding carboxylic acids is 1. The molecule has 1 fully saturated rings. The number of pyridine rings is 1. The Hall–Kier alpha value is -3.78. The lowest BCUT2D eigenvalue weighted by molar-refractivity contribution is 0.0664. The van der Waals surface area contributed by atoms with Crippen molar-refractivity contribution in [2.45, 2.75) is 0 Å². The van der Waals surface area contributed by atoms with Crippen LogP contribution in [0.1, 0.15) is 15.9 Å². The highest BCUT2D eigenvalue weighted by molar-refractivity contribution is 6.09. The quantitative estimate of drug-likeness (QED) is 0.539. The fraction of sp³-hybridized carbons (Fsp3) is 0.208. The standard InChI is InChI=1S/C24H24FN5O2/c1-29-8-10-30(11-9-29)24(32)16-2-5-20(6-3-16)27-15-18(14-26)21-13-17-12-19(25)4-7-22(17)28-23(21)31/h2-7,12-15,26-27H,8-11H2,1H3,(H,28,31)/b18-15+,26-14?. The lowest BCUT2D eigenvalue weighted by Crippen LogP contribution is -2.47. The molecule has 2 aromatic carbocycles. The van der Waals surface area contributed by atoms with Gasteiger partial charge in [0.2, 0.25) is 0 Å². The zero-order chi connectivity index (χ0) is 22.7. The molecule has 0 saturated carbocycles. The number of halogens is 1. The summed E-state index contributed by atoms with van der Waals surface area (Å²) in [6.07, 6.45) is 2.61. The zero-order valence-corrected chi connectivity index (χ0v) is 17.7. The Bertz CT molecular complexity index is 1240. The fourth-order valence-electron chi connectivity index (χ4n) is 3.65. The van der Waals surface area contributed by atoms with Crippen molar-refractivity contribution in [3.63, 3.8) is 0 Å². The van der Waals surface area contributed by atoms with E-state index in [4.69, 9.17) is 5.41 Å². The van der Waals surface area contributed by atoms with Crippen molar-refractivity contribution in [2.75, 3.05) is 38.5 Å². The van der Waals surface area contributed by atoms with Crippen LogP contribution in [0.2, 0.25) is 0 Å². The number of aromatic amines is 1. The van der Waals surface area contributed by atoms with Gasteiger partial charge in [-0.15, -0.1) is 0 Å². The second kappa shape index (κ2) is 9.15. The van der Waals surface area contributed by atoms with E-state index in [1.807, 2.05) is 11.9 Å². The summed E-state index contributed by atoms with van der Waals surface area (Å²) < 4.78 is 13.6. The number of hydrogen-bond acceptors (Lipinski definition) is 5. The molecule has 164 valence electrons. The maximum absolute atomic E-state index is 13.6. The topological polar surface area (TPSA) is 92.3 Å². The summed E-state index contributed by atoms with van der Waals surface area (Å²) >= 11 is 0. The van der Waals surface area contributed by atoms with Gasteiger partial charge < -0.3 is 25.5 Å². The van der Waals surface area contributed by atoms with Crippen LogP contribution in [0.15, 0.2) is 59.5 Å². The first-order valence-corrected chi connectivity index (χ1v) is 10.3. The molecule has 3 N–H and O–H groups in total. The number of fused-ring (bicyclic) bond motifs is 1. The highest BCUT2D eigenvalue weighted by Crippen LogP contribution is 2.18. The summed E-state index contributed by atoms with van der Waals surface area (Å²) in [5, 5.41) is 11.3. The second-order valence-corrected chi connectivity index (χ2v) is 7.80. The monoisotopic (exact) mass is 433 g/mol. The van der Waals surface area contributed by atoms with Crippen LogP contribution in [0.25, 0.3) is 16.5 Å². The third kappa shape index (κ3) is 4.60. The van der Waals surface area contributed by atoms with E-state index in [0.29, 0.717) is 40.8 Å². The van der Waals surface area contributed by atoms with Gasteiger partial charge in [0.15, 0.2) is 0 Å². The molecule has 1 aromatic heterocycles. The van der Waals surface area contributed by atoms with E-state index in [1.165, 1.54) is 18.2 Å². The summed E-state index contributed by atoms with van der Waals surface area (Å²) in [5.74, 6) is -0.393. The van der Waals surface area contributed by atoms with Crippen molar-refractivity contribution in [1.82, 2.24) is 14.8 Å². The Kier molecular flexibility index (Phi) is 6.13. The molecule has 8 heteroatoms. The van der Waals surface area contributed by atoms with E-state index in [0.717, 1.165) is 19.3 Å². The first kappa shape index (κ1) is 21.5. The van der Waals surface area contributed by atoms with Crippen LogP contribution < -0.4 is 10.9 Å². The van der Waals surface area contributed by atoms with Crippen molar-refractivity contribution in [3.05, 3.63) is 82.0 Å². The van der Waals surface area contributed by atoms with Crippen molar-refractivity contribution >= 4 is 34.3 Å². The van der Waals surface area contributed by atoms with Crippen molar-refractivity contribution in [2.24, 2.45) is 0 Å². The number of nitrogens with zero attached hydrogens (tertiary/aromatic N) is 2. The number of nitrogens with one attached hydrogen (secondary N) is 3. The first-order chi connectivity index (χ1) is 15.4. The van der Waals surface area contributed by atoms with Gasteiger partial charge in [-0.3, -0.25) is 9.59 Å². The highest BCUT2D eigenvalue weighted by atomic mass is 19.1. The number of amides is 1. The van der Waals surface area contributed by atoms with Gasteiger partial charge in [0.05, 0.1) is 5.56 Å². The molecule has 1 aliphatic heterocycles. The molecule has 0 atom stereocenters. The lowest BCUT2D eigenvalue weighted by atomic mass is 10.1. The molecule has 1 aliphatic rings. The van der Waals surface area contributed by atoms with E-state index in [-0.39, 0.29) is 17.0 Å². The van der Waals surface area contributed by atoms with Crippen LogP contribution >= 0.6 is 0 Å². The largest absolute Gasteiger partial charge is 0.361 e. The van der Waals surface area contributed by atoms with Gasteiger partial charge in [0, 0.05) is 66.3 Å². The Morgan fingerprint density at radius 3 is 2.50 bits per heavy atom. The van der Waals surface area contributed by atoms with Crippen LogP contribution in [0.3, 0.4) is 0 Å². The molecular formula is C24H24FN5O2. The maximum Gasteiger partial charge on any atom is 0.256 e. The molecule has 0 bridgehead atoms. The number of aromatic nitrogens is 1. The maximum atomic E-state index is 13.6. The van der Waals surface area contributed by atoms with Gasteiger partial charge in [0.1, 0.15) is 5.82 Å². The number of H-pyrrole nitrogens is 1. The fourth-order valence-corrected chi connectivity index (χ4v) is 3.65. The third-order valence-electron chi connectivity index (χ3n) is 5.59. The van der Waals surface area contributed by atoms with Crippen molar-refractivity contribution < 1.29 is 9.18 Å². The van der Waals surface area contributed by atoms with E-state index in [9.17, 15) is 14.0 Å². The number of likely N-dealkylation sites (N-methyl/N-ethyl adjacent to an activating group) is 1. The molecule has 0 radical (unpaired) electrons. The minimum atomic E-state index is -0.403. The molecule has 0 unspecified atom stereocenters. The predicted molar refractivity (Wildman–Crippen MR) is 125 cm³/mol. The molecule has 3 aromatic rings. The number of hydrogen-bond donors (Lipinski definition) is 3. The van der Waals surface area contributed by atoms with E-state index in [1.54, 1.807) is 36.5 Å². The molecule has 0 aliphatic carbocycles. The third-order valence-corrected chi connectivity index (χ3v) is 5.59. The number of benzene rings is 2. The van der Waals surface area contributed by atoms with Gasteiger partial charge in [-0.2, -0.15) is 0 Å². The van der Waals surface area contributed by atoms with Crippen LogP contribution in [0, 0.1) is 11.2 Å². The van der Waals surface area contributed by atoms with Crippen LogP contribution in [-0.2, 0) is 0 Å². The van der Waals surface area contributed by atoms with Gasteiger partial charge in [-0.1, -0.05) is 0 Å². The van der Waals surface area contributed by atoms with Crippen LogP contribution in [0.4, 0.5) is 10.1 Å². The number of carbonyl (C=O) groups is 1. The van der Waals surface area contributed by atoms with Crippen molar-refractivity contribution in [1.29, 1.82) is 5.41 Å². The van der Waals surface area contributed by atoms with E-state index < -0.39 is 5.82 Å². The molecule has 1 amide bonds. The van der Waals surface area contributed by atoms with Crippen molar-refractivity contribution in [3.8, 4) is 0 Å². The Morgan fingerprint density at radius 2 is 1.81 bits per heavy atom. The first-order valence-electron chi connectivity index (χ1n) is 10.3. The molecule has 7 nitrogen and oxygen atoms in total. The second-order valence-electron chi connectivity index (χ2n) is 7.80. The number of rotatable bonds is 5. The zero-order valence-electron chi connectivity index (χ0n) is 17.7. The molecule has 2 heterocycles. The Balaban J connectivity index is 1.51. The summed E-state index contributed by atoms with van der Waals surface area (Å²) in [6, 6.07) is 12.8. The highest BCUT2D eigenvalue weighted by Gasteiger charge is 2.20. The average molecular weight is 433 g/mol. The van der Waals surface area contributed by atoms with Crippen LogP contribution in [0.5, 0.6) is 0 Å². The smallest absolute Gasteiger partial charge is 0.256 e. The van der Waals surface area contributed by atoms with Crippen LogP contribution in [-0.4, -0.2) is 60.1 Å². The number of piperazine rings is 1. The normalized spacial score (nSPS) is 15.1. The minimum absolute atomic E-state index is 0.00954. The summed E-state index contributed by atoms with van der Waals surface area (Å²) in [7, 11) is 2.04. The average Bonchev–Trinajstić information content (AvgIpc) is 2.80. The number of anilines is 1. The van der Waals surface area contributed by atoms with Gasteiger partial charge in [0.25, 0.3) is 11.5 Å². The summed E-state index contributed by atoms with van der Waals surface area (Å²) in [6.45, 7) is 3.15. The summed E-state index contributed by atoms with van der Waals surface area (Å²) in [4.78, 5) is 31.9.